The van der Waals surface area contributed by atoms with Crippen molar-refractivity contribution in [2.45, 2.75) is 45.2 Å². The highest BCUT2D eigenvalue weighted by Crippen LogP contribution is 2.37. The van der Waals surface area contributed by atoms with Crippen molar-refractivity contribution in [1.82, 2.24) is 10.2 Å². The first kappa shape index (κ1) is 15.7. The Morgan fingerprint density at radius 1 is 1.44 bits per heavy atom. The van der Waals surface area contributed by atoms with Crippen molar-refractivity contribution in [1.29, 1.82) is 0 Å². The second-order valence-electron chi connectivity index (χ2n) is 5.59. The molecule has 2 rings (SSSR count). The summed E-state index contributed by atoms with van der Waals surface area (Å²) in [5.74, 6) is 1.52. The first-order valence-electron chi connectivity index (χ1n) is 6.90. The van der Waals surface area contributed by atoms with E-state index in [1.165, 1.54) is 12.8 Å². The van der Waals surface area contributed by atoms with E-state index in [1.54, 1.807) is 0 Å². The zero-order valence-electron chi connectivity index (χ0n) is 11.4. The number of halogens is 1. The Labute approximate surface area is 116 Å². The summed E-state index contributed by atoms with van der Waals surface area (Å²) in [7, 11) is 0. The van der Waals surface area contributed by atoms with E-state index in [-0.39, 0.29) is 24.4 Å². The van der Waals surface area contributed by atoms with Crippen molar-refractivity contribution in [2.75, 3.05) is 19.6 Å². The molecule has 106 valence electrons. The molecule has 4 atom stereocenters. The first-order chi connectivity index (χ1) is 8.13. The van der Waals surface area contributed by atoms with Crippen LogP contribution in [0.15, 0.2) is 0 Å². The molecule has 1 saturated heterocycles. The fourth-order valence-electron chi connectivity index (χ4n) is 3.22. The van der Waals surface area contributed by atoms with Crippen molar-refractivity contribution >= 4 is 18.3 Å². The topological polar surface area (TPSA) is 58.4 Å². The Kier molecular flexibility index (Phi) is 5.89. The predicted molar refractivity (Wildman–Crippen MR) is 75.8 cm³/mol. The van der Waals surface area contributed by atoms with Crippen molar-refractivity contribution in [3.63, 3.8) is 0 Å². The smallest absolute Gasteiger partial charge is 0.237 e. The number of carbonyl (C=O) groups is 1. The fraction of sp³-hybridized carbons (Fsp3) is 0.923. The largest absolute Gasteiger partial charge is 0.355 e. The molecule has 0 aromatic heterocycles. The Morgan fingerprint density at radius 3 is 2.78 bits per heavy atom. The van der Waals surface area contributed by atoms with Gasteiger partial charge in [0.25, 0.3) is 0 Å². The van der Waals surface area contributed by atoms with Crippen LogP contribution in [0.25, 0.3) is 0 Å². The molecule has 2 aliphatic rings. The van der Waals surface area contributed by atoms with Gasteiger partial charge in [0.05, 0.1) is 6.04 Å². The van der Waals surface area contributed by atoms with Crippen LogP contribution in [-0.4, -0.2) is 42.5 Å². The van der Waals surface area contributed by atoms with E-state index in [9.17, 15) is 4.79 Å². The van der Waals surface area contributed by atoms with E-state index in [1.807, 2.05) is 6.92 Å². The lowest BCUT2D eigenvalue weighted by molar-refractivity contribution is -0.125. The number of nitrogens with two attached hydrogens (primary N) is 1. The van der Waals surface area contributed by atoms with Gasteiger partial charge in [0.2, 0.25) is 5.91 Å². The van der Waals surface area contributed by atoms with Gasteiger partial charge in [0, 0.05) is 25.7 Å². The van der Waals surface area contributed by atoms with E-state index in [0.717, 1.165) is 32.0 Å². The maximum absolute atomic E-state index is 11.9. The fourth-order valence-corrected chi connectivity index (χ4v) is 3.22. The van der Waals surface area contributed by atoms with Gasteiger partial charge < -0.3 is 11.1 Å². The number of likely N-dealkylation sites (tertiary alicyclic amines) is 1. The molecule has 1 aliphatic carbocycles. The van der Waals surface area contributed by atoms with Crippen LogP contribution in [0, 0.1) is 11.8 Å². The molecule has 4 unspecified atom stereocenters. The third kappa shape index (κ3) is 3.16. The summed E-state index contributed by atoms with van der Waals surface area (Å²) < 4.78 is 0. The van der Waals surface area contributed by atoms with Gasteiger partial charge in [-0.05, 0) is 38.0 Å². The lowest BCUT2D eigenvalue weighted by Gasteiger charge is -2.24. The minimum absolute atomic E-state index is 0. The first-order valence-corrected chi connectivity index (χ1v) is 6.90. The molecule has 5 heteroatoms. The molecular weight excluding hydrogens is 250 g/mol. The molecule has 4 nitrogen and oxygen atoms in total. The molecule has 18 heavy (non-hydrogen) atoms. The van der Waals surface area contributed by atoms with Crippen molar-refractivity contribution in [3.05, 3.63) is 0 Å². The molecule has 0 aromatic rings. The summed E-state index contributed by atoms with van der Waals surface area (Å²) >= 11 is 0. The number of nitrogens with zero attached hydrogens (tertiary/aromatic N) is 1. The van der Waals surface area contributed by atoms with Crippen LogP contribution in [0.5, 0.6) is 0 Å². The van der Waals surface area contributed by atoms with Gasteiger partial charge in [0.15, 0.2) is 0 Å². The minimum atomic E-state index is -0.000602. The maximum atomic E-state index is 11.9. The number of rotatable bonds is 4. The molecule has 0 spiro atoms. The molecule has 1 aliphatic heterocycles. The third-order valence-corrected chi connectivity index (χ3v) is 4.42. The number of hydrogen-bond acceptors (Lipinski definition) is 3. The Balaban J connectivity index is 0.00000162. The summed E-state index contributed by atoms with van der Waals surface area (Å²) in [4.78, 5) is 14.2. The highest BCUT2D eigenvalue weighted by atomic mass is 35.5. The van der Waals surface area contributed by atoms with Gasteiger partial charge in [-0.25, -0.2) is 0 Å². The zero-order chi connectivity index (χ0) is 12.4. The normalized spacial score (nSPS) is 32.7. The Morgan fingerprint density at radius 2 is 2.17 bits per heavy atom. The number of nitrogens with one attached hydrogen (secondary N) is 1. The summed E-state index contributed by atoms with van der Waals surface area (Å²) in [6.45, 7) is 6.93. The average molecular weight is 276 g/mol. The predicted octanol–water partition coefficient (Wildman–Crippen LogP) is 0.992. The van der Waals surface area contributed by atoms with Crippen LogP contribution >= 0.6 is 12.4 Å². The molecule has 3 N–H and O–H groups in total. The van der Waals surface area contributed by atoms with E-state index >= 15 is 0 Å². The van der Waals surface area contributed by atoms with E-state index in [2.05, 4.69) is 17.1 Å². The minimum Gasteiger partial charge on any atom is -0.355 e. The summed E-state index contributed by atoms with van der Waals surface area (Å²) in [6, 6.07) is 0.357. The highest BCUT2D eigenvalue weighted by molar-refractivity contribution is 5.85. The van der Waals surface area contributed by atoms with Crippen molar-refractivity contribution in [3.8, 4) is 0 Å². The van der Waals surface area contributed by atoms with Gasteiger partial charge in [0.1, 0.15) is 0 Å². The van der Waals surface area contributed by atoms with Gasteiger partial charge in [-0.1, -0.05) is 6.92 Å². The van der Waals surface area contributed by atoms with Crippen molar-refractivity contribution < 1.29 is 4.79 Å². The molecule has 0 bridgehead atoms. The number of hydrogen-bond donors (Lipinski definition) is 2. The maximum Gasteiger partial charge on any atom is 0.237 e. The second-order valence-corrected chi connectivity index (χ2v) is 5.59. The molecule has 1 heterocycles. The zero-order valence-corrected chi connectivity index (χ0v) is 12.2. The molecule has 2 fully saturated rings. The van der Waals surface area contributed by atoms with Crippen LogP contribution in [0.3, 0.4) is 0 Å². The standard InChI is InChI=1S/C13H25N3O.ClH/c1-3-6-15-13(17)9(2)16-7-10-4-5-12(14)11(10)8-16;/h9-12H,3-8,14H2,1-2H3,(H,15,17);1H. The van der Waals surface area contributed by atoms with Crippen LogP contribution in [0.1, 0.15) is 33.1 Å². The van der Waals surface area contributed by atoms with Crippen LogP contribution in [0.2, 0.25) is 0 Å². The molecule has 1 amide bonds. The SMILES string of the molecule is CCCNC(=O)C(C)N1CC2CCC(N)C2C1.Cl. The van der Waals surface area contributed by atoms with E-state index in [0.29, 0.717) is 12.0 Å². The van der Waals surface area contributed by atoms with E-state index < -0.39 is 0 Å². The average Bonchev–Trinajstić information content (AvgIpc) is 2.88. The molecule has 0 aromatic carbocycles. The summed E-state index contributed by atoms with van der Waals surface area (Å²) in [5, 5.41) is 2.97. The van der Waals surface area contributed by atoms with Gasteiger partial charge >= 0.3 is 0 Å². The van der Waals surface area contributed by atoms with Crippen molar-refractivity contribution in [2.24, 2.45) is 17.6 Å². The molecule has 1 saturated carbocycles. The number of fused-ring (bicyclic) bond motifs is 1. The lowest BCUT2D eigenvalue weighted by atomic mass is 9.98. The van der Waals surface area contributed by atoms with Crippen LogP contribution < -0.4 is 11.1 Å². The van der Waals surface area contributed by atoms with Gasteiger partial charge in [-0.2, -0.15) is 0 Å². The number of carbonyl (C=O) groups excluding carboxylic acids is 1. The highest BCUT2D eigenvalue weighted by Gasteiger charge is 2.43. The third-order valence-electron chi connectivity index (χ3n) is 4.42. The number of amides is 1. The van der Waals surface area contributed by atoms with Gasteiger partial charge in [-0.3, -0.25) is 9.69 Å². The quantitative estimate of drug-likeness (QED) is 0.805. The Bertz CT molecular complexity index is 287. The summed E-state index contributed by atoms with van der Waals surface area (Å²) in [5.41, 5.74) is 6.11. The van der Waals surface area contributed by atoms with Crippen LogP contribution in [0.4, 0.5) is 0 Å². The second kappa shape index (κ2) is 6.73. The lowest BCUT2D eigenvalue weighted by Crippen LogP contribution is -2.45. The van der Waals surface area contributed by atoms with E-state index in [4.69, 9.17) is 5.73 Å². The monoisotopic (exact) mass is 275 g/mol. The molecular formula is C13H26ClN3O. The van der Waals surface area contributed by atoms with Gasteiger partial charge in [-0.15, -0.1) is 12.4 Å². The Hall–Kier alpha value is -0.320. The summed E-state index contributed by atoms with van der Waals surface area (Å²) in [6.07, 6.45) is 3.40. The molecule has 0 radical (unpaired) electrons. The van der Waals surface area contributed by atoms with Crippen LogP contribution in [-0.2, 0) is 4.79 Å².